The van der Waals surface area contributed by atoms with E-state index in [2.05, 4.69) is 0 Å². The monoisotopic (exact) mass is 1010 g/mol. The molecule has 1 saturated carbocycles. The first-order valence-electron chi connectivity index (χ1n) is 26.3. The Hall–Kier alpha value is -3.14. The lowest BCUT2D eigenvalue weighted by Gasteiger charge is -2.42. The quantitative estimate of drug-likeness (QED) is 0.103. The van der Waals surface area contributed by atoms with Crippen molar-refractivity contribution in [2.24, 2.45) is 41.4 Å². The number of rotatable bonds is 8. The van der Waals surface area contributed by atoms with Crippen molar-refractivity contribution in [2.45, 2.75) is 181 Å². The molecule has 4 rings (SSSR count). The highest BCUT2D eigenvalue weighted by molar-refractivity contribution is 7.57. The normalized spacial score (nSPS) is 42.2. The lowest BCUT2D eigenvalue weighted by Crippen LogP contribution is -2.61. The predicted octanol–water partition coefficient (Wildman–Crippen LogP) is 7.99. The van der Waals surface area contributed by atoms with Crippen molar-refractivity contribution >= 4 is 36.6 Å². The fourth-order valence-electron chi connectivity index (χ4n) is 10.4. The van der Waals surface area contributed by atoms with Crippen LogP contribution in [0.4, 0.5) is 0 Å². The number of nitrogens with zero attached hydrogens (tertiary/aromatic N) is 1. The molecule has 0 spiro atoms. The number of carbonyl (C=O) groups excluding carboxylic acids is 5. The standard InChI is InChI=1S/C54H86NO14P/c1-32-19-15-14-16-20-33(2)45(64-9)30-41-24-22-37(6)54(62,68-41)51(59)52(60)55-26-18-17-21-42(55)53(61)67-46(35(4)28-40-23-25-44(47(29-40)65-10)69-70(12,13)63)31-43(56)34(3)27-36(5)48(57)50(66-11)49(58)39(8)38(32)7/h14-16,19-20,27,32,34-35,37-42,44-48,50,57,62H,17-18,21-26,28-31H2,1-13H3/b16-14+,19-15+,33-20+,36-27+/t32-,34-,35-,37-,38?,39-,40+,41+,42+,44-,45+,46+,47-,48-,50-,54-/m1/s1/i32D,38D. The summed E-state index contributed by atoms with van der Waals surface area (Å²) in [5, 5.41) is 23.6. The van der Waals surface area contributed by atoms with E-state index < -0.39 is 109 Å². The average molecular weight is 1010 g/mol. The van der Waals surface area contributed by atoms with E-state index in [0.29, 0.717) is 51.4 Å². The summed E-state index contributed by atoms with van der Waals surface area (Å²) in [6.45, 7) is 16.3. The van der Waals surface area contributed by atoms with Crippen LogP contribution in [0.15, 0.2) is 47.6 Å². The molecule has 16 heteroatoms. The first kappa shape index (κ1) is 56.2. The van der Waals surface area contributed by atoms with Crippen LogP contribution in [0, 0.1) is 41.4 Å². The topological polar surface area (TPSA) is 201 Å². The first-order valence-corrected chi connectivity index (χ1v) is 27.8. The largest absolute Gasteiger partial charge is 0.460 e. The van der Waals surface area contributed by atoms with Gasteiger partial charge in [0.1, 0.15) is 30.1 Å². The van der Waals surface area contributed by atoms with Gasteiger partial charge in [0.2, 0.25) is 5.79 Å². The minimum absolute atomic E-state index is 0.0528. The van der Waals surface area contributed by atoms with Crippen molar-refractivity contribution in [3.63, 3.8) is 0 Å². The number of fused-ring (bicyclic) bond motifs is 3. The Morgan fingerprint density at radius 2 is 1.59 bits per heavy atom. The van der Waals surface area contributed by atoms with Gasteiger partial charge in [0.15, 0.2) is 13.2 Å². The maximum absolute atomic E-state index is 14.5. The number of hydrogen-bond donors (Lipinski definition) is 2. The maximum Gasteiger partial charge on any atom is 0.329 e. The molecule has 2 N–H and O–H groups in total. The van der Waals surface area contributed by atoms with Crippen LogP contribution in [0.3, 0.4) is 0 Å². The number of amides is 1. The zero-order valence-corrected chi connectivity index (χ0v) is 45.0. The lowest BCUT2D eigenvalue weighted by atomic mass is 9.78. The number of methoxy groups -OCH3 is 3. The minimum Gasteiger partial charge on any atom is -0.460 e. The Morgan fingerprint density at radius 1 is 0.886 bits per heavy atom. The molecule has 1 amide bonds. The van der Waals surface area contributed by atoms with Gasteiger partial charge in [-0.2, -0.15) is 0 Å². The van der Waals surface area contributed by atoms with Gasteiger partial charge in [0.25, 0.3) is 11.7 Å². The molecule has 0 aromatic carbocycles. The third-order valence-corrected chi connectivity index (χ3v) is 16.0. The van der Waals surface area contributed by atoms with Crippen molar-refractivity contribution in [2.75, 3.05) is 41.2 Å². The lowest BCUT2D eigenvalue weighted by molar-refractivity contribution is -0.265. The van der Waals surface area contributed by atoms with Crippen molar-refractivity contribution in [3.05, 3.63) is 47.6 Å². The molecular weight excluding hydrogens is 918 g/mol. The molecule has 16 atom stereocenters. The third kappa shape index (κ3) is 15.7. The van der Waals surface area contributed by atoms with Crippen molar-refractivity contribution in [1.29, 1.82) is 0 Å². The fraction of sp³-hybridized carbons (Fsp3) is 0.759. The number of aliphatic hydroxyl groups excluding tert-OH is 1. The molecule has 2 bridgehead atoms. The summed E-state index contributed by atoms with van der Waals surface area (Å²) in [5.74, 6) is -12.8. The number of ketones is 3. The Kier molecular flexibility index (Phi) is 21.4. The summed E-state index contributed by atoms with van der Waals surface area (Å²) < 4.78 is 66.6. The highest BCUT2D eigenvalue weighted by Gasteiger charge is 2.53. The van der Waals surface area contributed by atoms with Crippen LogP contribution in [-0.2, 0) is 56.7 Å². The van der Waals surface area contributed by atoms with Gasteiger partial charge in [-0.3, -0.25) is 23.7 Å². The van der Waals surface area contributed by atoms with Gasteiger partial charge >= 0.3 is 5.97 Å². The minimum atomic E-state index is -2.81. The average Bonchev–Trinajstić information content (AvgIpc) is 3.32. The zero-order valence-electron chi connectivity index (χ0n) is 46.1. The van der Waals surface area contributed by atoms with E-state index in [4.69, 9.17) is 28.2 Å². The van der Waals surface area contributed by atoms with Crippen LogP contribution in [0.2, 0.25) is 0 Å². The predicted molar refractivity (Wildman–Crippen MR) is 268 cm³/mol. The SMILES string of the molecule is [2H]C1(C)[C@@H](C)C(=O)[C@H](OC)[C@H](O)/C(C)=C/[C@@H](C)C(=O)C[C@@H]([C@H](C)C[C@@H]2CC[C@@H](OP(C)(C)=O)[C@H](OC)C2)OC(=O)[C@@H]2CCCCN2C(=O)C(=O)[C@]2(O)O[C@@H](CC[C@H]2C)C[C@H](OC)/C(C)=C/C=C/C=C/[C@@]1([2H])C. The highest BCUT2D eigenvalue weighted by atomic mass is 31.2. The molecule has 396 valence electrons. The smallest absolute Gasteiger partial charge is 0.329 e. The van der Waals surface area contributed by atoms with Crippen LogP contribution >= 0.6 is 7.37 Å². The molecule has 1 unspecified atom stereocenters. The van der Waals surface area contributed by atoms with E-state index in [1.807, 2.05) is 19.9 Å². The van der Waals surface area contributed by atoms with Crippen LogP contribution in [-0.4, -0.2) is 140 Å². The second-order valence-corrected chi connectivity index (χ2v) is 23.6. The molecule has 2 saturated heterocycles. The molecule has 3 aliphatic heterocycles. The van der Waals surface area contributed by atoms with Crippen molar-refractivity contribution < 1.29 is 69.7 Å². The van der Waals surface area contributed by atoms with E-state index in [1.54, 1.807) is 59.4 Å². The second-order valence-electron chi connectivity index (χ2n) is 20.9. The number of piperidine rings is 1. The Balaban J connectivity index is 1.75. The number of esters is 1. The molecule has 15 nitrogen and oxygen atoms in total. The Labute approximate surface area is 420 Å². The van der Waals surface area contributed by atoms with Gasteiger partial charge in [-0.15, -0.1) is 0 Å². The van der Waals surface area contributed by atoms with E-state index in [0.717, 1.165) is 5.57 Å². The van der Waals surface area contributed by atoms with Crippen LogP contribution < -0.4 is 0 Å². The number of allylic oxidation sites excluding steroid dienone is 6. The molecule has 0 aromatic rings. The maximum atomic E-state index is 14.5. The van der Waals surface area contributed by atoms with Crippen molar-refractivity contribution in [1.82, 2.24) is 4.90 Å². The molecule has 3 fully saturated rings. The molecule has 1 aliphatic carbocycles. The Bertz CT molecular complexity index is 2080. The van der Waals surface area contributed by atoms with Gasteiger partial charge in [-0.25, -0.2) is 4.79 Å². The van der Waals surface area contributed by atoms with Crippen LogP contribution in [0.25, 0.3) is 0 Å². The van der Waals surface area contributed by atoms with Crippen LogP contribution in [0.5, 0.6) is 0 Å². The second kappa shape index (κ2) is 26.7. The number of cyclic esters (lactones) is 1. The summed E-state index contributed by atoms with van der Waals surface area (Å²) in [6, 6.07) is -1.19. The molecule has 3 heterocycles. The molecular formula is C54H86NO14P. The zero-order chi connectivity index (χ0) is 54.1. The number of ether oxygens (including phenoxy) is 5. The molecule has 0 aromatic heterocycles. The first-order chi connectivity index (χ1) is 33.5. The number of Topliss-reactive ketones (excluding diaryl/α,β-unsaturated/α-hetero) is 3. The number of hydrogen-bond acceptors (Lipinski definition) is 14. The van der Waals surface area contributed by atoms with E-state index >= 15 is 0 Å². The van der Waals surface area contributed by atoms with Gasteiger partial charge in [-0.05, 0) is 106 Å². The van der Waals surface area contributed by atoms with Crippen molar-refractivity contribution in [3.8, 4) is 0 Å². The van der Waals surface area contributed by atoms with Gasteiger partial charge in [0, 0.05) is 74.5 Å². The molecule has 70 heavy (non-hydrogen) atoms. The van der Waals surface area contributed by atoms with E-state index in [1.165, 1.54) is 52.0 Å². The van der Waals surface area contributed by atoms with Gasteiger partial charge in [-0.1, -0.05) is 78.0 Å². The van der Waals surface area contributed by atoms with Gasteiger partial charge in [0.05, 0.1) is 24.4 Å². The summed E-state index contributed by atoms with van der Waals surface area (Å²) in [4.78, 5) is 72.7. The van der Waals surface area contributed by atoms with E-state index in [-0.39, 0.29) is 55.3 Å². The summed E-state index contributed by atoms with van der Waals surface area (Å²) in [7, 11) is 1.58. The number of carbonyl (C=O) groups is 5. The molecule has 4 aliphatic rings. The summed E-state index contributed by atoms with van der Waals surface area (Å²) in [6.07, 6.45) is 8.54. The molecule has 0 radical (unpaired) electrons. The highest BCUT2D eigenvalue weighted by Crippen LogP contribution is 2.45. The van der Waals surface area contributed by atoms with Crippen LogP contribution in [0.1, 0.15) is 129 Å². The Morgan fingerprint density at radius 3 is 2.23 bits per heavy atom. The summed E-state index contributed by atoms with van der Waals surface area (Å²) in [5.41, 5.74) is 1.04. The summed E-state index contributed by atoms with van der Waals surface area (Å²) >= 11 is 0. The fourth-order valence-corrected chi connectivity index (χ4v) is 11.3. The third-order valence-electron chi connectivity index (χ3n) is 15.2. The number of aliphatic hydroxyl groups is 2. The van der Waals surface area contributed by atoms with E-state index in [9.17, 15) is 41.5 Å². The van der Waals surface area contributed by atoms with Gasteiger partial charge < -0.3 is 43.3 Å².